The largest absolute Gasteiger partial charge is 0.428 e. The fourth-order valence-electron chi connectivity index (χ4n) is 4.28. The number of alkyl halides is 3. The quantitative estimate of drug-likeness (QED) is 0.0989. The maximum absolute atomic E-state index is 15.6. The Morgan fingerprint density at radius 2 is 1.02 bits per heavy atom. The van der Waals surface area contributed by atoms with E-state index in [0.29, 0.717) is 4.90 Å². The lowest BCUT2D eigenvalue weighted by atomic mass is 9.68. The number of rotatable bonds is 9. The van der Waals surface area contributed by atoms with Crippen molar-refractivity contribution in [2.45, 2.75) is 21.4 Å². The molecule has 0 aliphatic heterocycles. The van der Waals surface area contributed by atoms with Crippen molar-refractivity contribution in [1.29, 1.82) is 0 Å². The van der Waals surface area contributed by atoms with E-state index in [4.69, 9.17) is 0 Å². The maximum atomic E-state index is 15.6. The summed E-state index contributed by atoms with van der Waals surface area (Å²) in [5.41, 5.74) is -4.06. The van der Waals surface area contributed by atoms with E-state index >= 15 is 13.2 Å². The van der Waals surface area contributed by atoms with E-state index in [1.54, 1.807) is 30.3 Å². The number of ether oxygens (including phenoxy) is 2. The Morgan fingerprint density at radius 1 is 0.581 bits per heavy atom. The minimum Gasteiger partial charge on any atom is -0.428 e. The smallest absolute Gasteiger partial charge is 0.406 e. The first kappa shape index (κ1) is 32.1. The van der Waals surface area contributed by atoms with E-state index in [-0.39, 0.29) is 10.5 Å². The molecule has 4 aromatic carbocycles. The zero-order chi connectivity index (χ0) is 31.4. The van der Waals surface area contributed by atoms with E-state index in [2.05, 4.69) is 25.4 Å². The molecule has 0 aliphatic carbocycles. The van der Waals surface area contributed by atoms with Crippen LogP contribution in [0.3, 0.4) is 0 Å². The monoisotopic (exact) mass is 690 g/mol. The van der Waals surface area contributed by atoms with Gasteiger partial charge in [-0.15, -0.1) is 0 Å². The fraction of sp³-hybridized carbons (Fsp3) is 0.0667. The van der Waals surface area contributed by atoms with Gasteiger partial charge >= 0.3 is 30.4 Å². The van der Waals surface area contributed by atoms with Gasteiger partial charge < -0.3 is 9.47 Å². The predicted octanol–water partition coefficient (Wildman–Crippen LogP) is 11.3. The standard InChI is InChI=1S/C30H16BrF9O2S/c31-19-9-15-22(16-10-19)43-24-4-2-1-3-23(24)29(30(38,39)40,17-5-11-20(12-6-17)41-27(36)25(32)33)18-7-13-21(14-8-18)42-28(37)26(34)35/h1-16H. The summed E-state index contributed by atoms with van der Waals surface area (Å²) in [5, 5.41) is 0. The lowest BCUT2D eigenvalue weighted by Crippen LogP contribution is -2.45. The molecule has 4 rings (SSSR count). The number of hydrogen-bond acceptors (Lipinski definition) is 3. The van der Waals surface area contributed by atoms with Crippen molar-refractivity contribution in [2.75, 3.05) is 0 Å². The van der Waals surface area contributed by atoms with Crippen molar-refractivity contribution in [3.05, 3.63) is 142 Å². The molecule has 13 heteroatoms. The Kier molecular flexibility index (Phi) is 9.86. The van der Waals surface area contributed by atoms with Gasteiger partial charge in [-0.3, -0.25) is 0 Å². The highest BCUT2D eigenvalue weighted by Gasteiger charge is 2.59. The van der Waals surface area contributed by atoms with Gasteiger partial charge in [0.05, 0.1) is 0 Å². The minimum atomic E-state index is -5.10. The van der Waals surface area contributed by atoms with Crippen molar-refractivity contribution >= 4 is 27.7 Å². The van der Waals surface area contributed by atoms with Crippen LogP contribution < -0.4 is 9.47 Å². The molecule has 0 saturated carbocycles. The molecule has 0 aromatic heterocycles. The van der Waals surface area contributed by atoms with Gasteiger partial charge in [0.1, 0.15) is 16.9 Å². The minimum absolute atomic E-state index is 0.185. The van der Waals surface area contributed by atoms with E-state index < -0.39 is 58.4 Å². The summed E-state index contributed by atoms with van der Waals surface area (Å²) >= 11 is 4.34. The van der Waals surface area contributed by atoms with Gasteiger partial charge in [-0.2, -0.15) is 39.5 Å². The zero-order valence-corrected chi connectivity index (χ0v) is 23.6. The Hall–Kier alpha value is -3.84. The lowest BCUT2D eigenvalue weighted by Gasteiger charge is -2.38. The Labute approximate surface area is 251 Å². The van der Waals surface area contributed by atoms with Crippen LogP contribution in [0.2, 0.25) is 0 Å². The molecule has 0 N–H and O–H groups in total. The third-order valence-corrected chi connectivity index (χ3v) is 7.66. The molecule has 0 radical (unpaired) electrons. The maximum Gasteiger partial charge on any atom is 0.406 e. The second-order valence-corrected chi connectivity index (χ2v) is 10.7. The molecule has 0 saturated heterocycles. The number of hydrogen-bond donors (Lipinski definition) is 0. The third-order valence-electron chi connectivity index (χ3n) is 6.04. The molecule has 0 atom stereocenters. The van der Waals surface area contributed by atoms with E-state index in [9.17, 15) is 26.3 Å². The molecule has 0 heterocycles. The summed E-state index contributed by atoms with van der Waals surface area (Å²) in [6.45, 7) is 0. The molecular weight excluding hydrogens is 675 g/mol. The SMILES string of the molecule is FC(F)=C(F)Oc1ccc(C(c2ccc(OC(F)=C(F)F)cc2)(c2ccccc2Sc2ccc(Br)cc2)C(F)(F)F)cc1. The highest BCUT2D eigenvalue weighted by Crippen LogP contribution is 2.54. The molecule has 0 bridgehead atoms. The van der Waals surface area contributed by atoms with Gasteiger partial charge in [0, 0.05) is 14.3 Å². The van der Waals surface area contributed by atoms with E-state index in [1.807, 2.05) is 0 Å². The molecule has 224 valence electrons. The van der Waals surface area contributed by atoms with Gasteiger partial charge in [-0.1, -0.05) is 70.2 Å². The molecule has 43 heavy (non-hydrogen) atoms. The average molecular weight is 691 g/mol. The molecule has 0 unspecified atom stereocenters. The van der Waals surface area contributed by atoms with Crippen LogP contribution in [0.15, 0.2) is 136 Å². The summed E-state index contributed by atoms with van der Waals surface area (Å²) in [5.74, 6) is -0.996. The fourth-order valence-corrected chi connectivity index (χ4v) is 5.55. The van der Waals surface area contributed by atoms with Crippen LogP contribution in [-0.4, -0.2) is 6.18 Å². The summed E-state index contributed by atoms with van der Waals surface area (Å²) in [6.07, 6.45) is -10.6. The molecule has 0 spiro atoms. The zero-order valence-electron chi connectivity index (χ0n) is 21.2. The second-order valence-electron chi connectivity index (χ2n) is 8.62. The first-order valence-corrected chi connectivity index (χ1v) is 13.5. The van der Waals surface area contributed by atoms with E-state index in [1.165, 1.54) is 18.2 Å². The number of benzene rings is 4. The Morgan fingerprint density at radius 3 is 1.44 bits per heavy atom. The van der Waals surface area contributed by atoms with Crippen LogP contribution in [0, 0.1) is 0 Å². The normalized spacial score (nSPS) is 11.6. The Balaban J connectivity index is 1.96. The summed E-state index contributed by atoms with van der Waals surface area (Å²) in [6, 6.07) is 15.4. The van der Waals surface area contributed by atoms with Gasteiger partial charge in [-0.05, 0) is 71.3 Å². The highest BCUT2D eigenvalue weighted by atomic mass is 79.9. The molecule has 0 aliphatic rings. The molecule has 2 nitrogen and oxygen atoms in total. The van der Waals surface area contributed by atoms with Crippen LogP contribution in [-0.2, 0) is 5.41 Å². The van der Waals surface area contributed by atoms with Crippen molar-refractivity contribution in [1.82, 2.24) is 0 Å². The second kappa shape index (κ2) is 13.2. The van der Waals surface area contributed by atoms with Crippen molar-refractivity contribution in [3.63, 3.8) is 0 Å². The van der Waals surface area contributed by atoms with Gasteiger partial charge in [-0.25, -0.2) is 0 Å². The summed E-state index contributed by atoms with van der Waals surface area (Å²) in [4.78, 5) is 0.787. The predicted molar refractivity (Wildman–Crippen MR) is 145 cm³/mol. The highest BCUT2D eigenvalue weighted by molar-refractivity contribution is 9.10. The molecule has 0 amide bonds. The van der Waals surface area contributed by atoms with Crippen LogP contribution in [0.5, 0.6) is 11.5 Å². The lowest BCUT2D eigenvalue weighted by molar-refractivity contribution is -0.167. The van der Waals surface area contributed by atoms with Gasteiger partial charge in [0.15, 0.2) is 0 Å². The van der Waals surface area contributed by atoms with Crippen molar-refractivity contribution in [2.24, 2.45) is 0 Å². The third kappa shape index (κ3) is 7.04. The number of halogens is 10. The van der Waals surface area contributed by atoms with Gasteiger partial charge in [0.25, 0.3) is 0 Å². The van der Waals surface area contributed by atoms with Crippen molar-refractivity contribution in [3.8, 4) is 11.5 Å². The molecular formula is C30H16BrF9O2S. The molecule has 0 fully saturated rings. The summed E-state index contributed by atoms with van der Waals surface area (Å²) < 4.78 is 133. The Bertz CT molecular complexity index is 1560. The molecule has 4 aromatic rings. The summed E-state index contributed by atoms with van der Waals surface area (Å²) in [7, 11) is 0. The van der Waals surface area contributed by atoms with Crippen LogP contribution in [0.4, 0.5) is 39.5 Å². The topological polar surface area (TPSA) is 18.5 Å². The van der Waals surface area contributed by atoms with Crippen molar-refractivity contribution < 1.29 is 49.0 Å². The first-order valence-electron chi connectivity index (χ1n) is 11.9. The van der Waals surface area contributed by atoms with Crippen LogP contribution in [0.1, 0.15) is 16.7 Å². The van der Waals surface area contributed by atoms with E-state index in [0.717, 1.165) is 64.8 Å². The van der Waals surface area contributed by atoms with Gasteiger partial charge in [0.2, 0.25) is 0 Å². The van der Waals surface area contributed by atoms with Crippen LogP contribution in [0.25, 0.3) is 0 Å². The average Bonchev–Trinajstić information content (AvgIpc) is 2.96. The first-order chi connectivity index (χ1) is 20.3. The van der Waals surface area contributed by atoms with Crippen LogP contribution >= 0.6 is 27.7 Å².